The highest BCUT2D eigenvalue weighted by atomic mass is 19.1. The summed E-state index contributed by atoms with van der Waals surface area (Å²) in [4.78, 5) is 30.3. The molecule has 1 aromatic carbocycles. The Morgan fingerprint density at radius 3 is 2.71 bits per heavy atom. The van der Waals surface area contributed by atoms with Crippen molar-refractivity contribution in [1.82, 2.24) is 14.9 Å². The largest absolute Gasteiger partial charge is 0.450 e. The first-order valence-corrected chi connectivity index (χ1v) is 10.0. The number of carbonyl (C=O) groups is 2. The molecule has 0 unspecified atom stereocenters. The van der Waals surface area contributed by atoms with Crippen LogP contribution in [-0.2, 0) is 15.1 Å². The number of nitrogens with one attached hydrogen (secondary N) is 1. The third kappa shape index (κ3) is 3.31. The van der Waals surface area contributed by atoms with Crippen molar-refractivity contribution in [3.8, 4) is 11.3 Å². The molecule has 31 heavy (non-hydrogen) atoms. The molecule has 1 fully saturated rings. The van der Waals surface area contributed by atoms with Gasteiger partial charge in [-0.1, -0.05) is 0 Å². The fraction of sp³-hybridized carbons (Fsp3) is 0.273. The average Bonchev–Trinajstić information content (AvgIpc) is 3.27. The van der Waals surface area contributed by atoms with Crippen LogP contribution in [0.3, 0.4) is 0 Å². The van der Waals surface area contributed by atoms with Crippen molar-refractivity contribution in [2.24, 2.45) is 5.92 Å². The number of hydrogen-bond acceptors (Lipinski definition) is 6. The lowest BCUT2D eigenvalue weighted by molar-refractivity contribution is -0.122. The van der Waals surface area contributed by atoms with E-state index in [4.69, 9.17) is 10.6 Å². The molecule has 3 N–H and O–H groups in total. The van der Waals surface area contributed by atoms with Gasteiger partial charge in [-0.15, -0.1) is 0 Å². The SMILES string of the molecule is Nn1nc(-c2ccc(F)cc2)cc1NC(=O)C1CCC2(CC1)OC(=O)c1ccncc12. The first kappa shape index (κ1) is 19.2. The Bertz CT molecular complexity index is 1170. The number of fused-ring (bicyclic) bond motifs is 2. The number of nitrogens with two attached hydrogens (primary N) is 1. The summed E-state index contributed by atoms with van der Waals surface area (Å²) in [6, 6.07) is 9.19. The van der Waals surface area contributed by atoms with Crippen molar-refractivity contribution in [1.29, 1.82) is 0 Å². The van der Waals surface area contributed by atoms with Crippen LogP contribution in [0.4, 0.5) is 10.2 Å². The molecule has 1 aliphatic carbocycles. The van der Waals surface area contributed by atoms with Gasteiger partial charge in [-0.05, 0) is 56.0 Å². The van der Waals surface area contributed by atoms with Crippen LogP contribution >= 0.6 is 0 Å². The van der Waals surface area contributed by atoms with Crippen molar-refractivity contribution in [3.05, 3.63) is 65.7 Å². The number of ether oxygens (including phenoxy) is 1. The van der Waals surface area contributed by atoms with E-state index in [1.165, 1.54) is 12.1 Å². The van der Waals surface area contributed by atoms with E-state index in [1.807, 2.05) is 0 Å². The number of nitrogens with zero attached hydrogens (tertiary/aromatic N) is 3. The minimum atomic E-state index is -0.692. The number of aromatic nitrogens is 3. The van der Waals surface area contributed by atoms with Gasteiger partial charge in [-0.2, -0.15) is 9.89 Å². The Hall–Kier alpha value is -3.75. The van der Waals surface area contributed by atoms with Crippen LogP contribution in [0.25, 0.3) is 11.3 Å². The first-order valence-electron chi connectivity index (χ1n) is 10.0. The summed E-state index contributed by atoms with van der Waals surface area (Å²) in [7, 11) is 0. The van der Waals surface area contributed by atoms with Gasteiger partial charge in [0.15, 0.2) is 5.82 Å². The number of carbonyl (C=O) groups excluding carboxylic acids is 2. The Labute approximate surface area is 177 Å². The van der Waals surface area contributed by atoms with Crippen LogP contribution in [0.15, 0.2) is 48.8 Å². The highest BCUT2D eigenvalue weighted by Crippen LogP contribution is 2.47. The summed E-state index contributed by atoms with van der Waals surface area (Å²) < 4.78 is 18.9. The van der Waals surface area contributed by atoms with Gasteiger partial charge in [0.1, 0.15) is 11.4 Å². The Balaban J connectivity index is 1.27. The minimum Gasteiger partial charge on any atom is -0.450 e. The quantitative estimate of drug-likeness (QED) is 0.497. The number of amides is 1. The van der Waals surface area contributed by atoms with Crippen LogP contribution in [0.5, 0.6) is 0 Å². The molecule has 1 saturated carbocycles. The van der Waals surface area contributed by atoms with Crippen LogP contribution in [0.2, 0.25) is 0 Å². The number of rotatable bonds is 3. The second-order valence-corrected chi connectivity index (χ2v) is 7.93. The highest BCUT2D eigenvalue weighted by Gasteiger charge is 2.48. The molecule has 2 aromatic heterocycles. The van der Waals surface area contributed by atoms with E-state index in [0.717, 1.165) is 10.4 Å². The first-order chi connectivity index (χ1) is 14.9. The summed E-state index contributed by atoms with van der Waals surface area (Å²) in [5.41, 5.74) is 1.89. The summed E-state index contributed by atoms with van der Waals surface area (Å²) in [6.07, 6.45) is 5.50. The van der Waals surface area contributed by atoms with Gasteiger partial charge in [0.2, 0.25) is 5.91 Å². The maximum atomic E-state index is 13.1. The summed E-state index contributed by atoms with van der Waals surface area (Å²) in [6.45, 7) is 0. The molecule has 8 nitrogen and oxygen atoms in total. The van der Waals surface area contributed by atoms with E-state index in [9.17, 15) is 14.0 Å². The molecule has 5 rings (SSSR count). The number of benzene rings is 1. The monoisotopic (exact) mass is 421 g/mol. The average molecular weight is 421 g/mol. The maximum Gasteiger partial charge on any atom is 0.339 e. The molecule has 3 heterocycles. The van der Waals surface area contributed by atoms with Gasteiger partial charge >= 0.3 is 5.97 Å². The van der Waals surface area contributed by atoms with Gasteiger partial charge in [0.25, 0.3) is 0 Å². The van der Waals surface area contributed by atoms with Crippen LogP contribution < -0.4 is 11.2 Å². The van der Waals surface area contributed by atoms with Crippen molar-refractivity contribution in [3.63, 3.8) is 0 Å². The molecular weight excluding hydrogens is 401 g/mol. The third-order valence-electron chi connectivity index (χ3n) is 6.11. The molecule has 3 aromatic rings. The lowest BCUT2D eigenvalue weighted by atomic mass is 9.75. The van der Waals surface area contributed by atoms with Crippen molar-refractivity contribution in [2.45, 2.75) is 31.3 Å². The van der Waals surface area contributed by atoms with E-state index in [0.29, 0.717) is 48.3 Å². The van der Waals surface area contributed by atoms with E-state index in [2.05, 4.69) is 15.4 Å². The zero-order chi connectivity index (χ0) is 21.6. The molecule has 1 spiro atoms. The van der Waals surface area contributed by atoms with Crippen molar-refractivity contribution < 1.29 is 18.7 Å². The standard InChI is InChI=1S/C22H20FN5O3/c23-15-3-1-13(2-4-15)18-11-19(28(24)27-18)26-20(29)14-5-8-22(9-6-14)17-12-25-10-7-16(17)21(30)31-22/h1-4,7,10-12,14H,5-6,8-9,24H2,(H,26,29). The number of halogens is 1. The molecule has 158 valence electrons. The third-order valence-corrected chi connectivity index (χ3v) is 6.11. The lowest BCUT2D eigenvalue weighted by Gasteiger charge is -2.35. The van der Waals surface area contributed by atoms with E-state index >= 15 is 0 Å². The van der Waals surface area contributed by atoms with Crippen LogP contribution in [0, 0.1) is 11.7 Å². The predicted molar refractivity (Wildman–Crippen MR) is 110 cm³/mol. The second-order valence-electron chi connectivity index (χ2n) is 7.93. The normalized spacial score (nSPS) is 22.2. The molecule has 1 amide bonds. The number of hydrogen-bond donors (Lipinski definition) is 2. The lowest BCUT2D eigenvalue weighted by Crippen LogP contribution is -2.36. The molecule has 9 heteroatoms. The maximum absolute atomic E-state index is 13.1. The predicted octanol–water partition coefficient (Wildman–Crippen LogP) is 2.99. The summed E-state index contributed by atoms with van der Waals surface area (Å²) in [5, 5.41) is 7.02. The molecule has 2 aliphatic rings. The Kier molecular flexibility index (Phi) is 4.46. The zero-order valence-corrected chi connectivity index (χ0v) is 16.5. The van der Waals surface area contributed by atoms with Gasteiger partial charge in [0.05, 0.1) is 11.3 Å². The molecular formula is C22H20FN5O3. The van der Waals surface area contributed by atoms with Gasteiger partial charge in [0, 0.05) is 35.5 Å². The number of pyridine rings is 1. The fourth-order valence-corrected chi connectivity index (χ4v) is 4.42. The fourth-order valence-electron chi connectivity index (χ4n) is 4.42. The highest BCUT2D eigenvalue weighted by molar-refractivity contribution is 5.95. The second kappa shape index (κ2) is 7.19. The minimum absolute atomic E-state index is 0.164. The van der Waals surface area contributed by atoms with Crippen molar-refractivity contribution in [2.75, 3.05) is 11.2 Å². The van der Waals surface area contributed by atoms with E-state index in [-0.39, 0.29) is 23.6 Å². The zero-order valence-electron chi connectivity index (χ0n) is 16.5. The molecule has 0 atom stereocenters. The van der Waals surface area contributed by atoms with Gasteiger partial charge in [-0.3, -0.25) is 9.78 Å². The number of esters is 1. The summed E-state index contributed by atoms with van der Waals surface area (Å²) in [5.74, 6) is 5.17. The molecule has 0 saturated heterocycles. The summed E-state index contributed by atoms with van der Waals surface area (Å²) >= 11 is 0. The topological polar surface area (TPSA) is 112 Å². The van der Waals surface area contributed by atoms with Crippen LogP contribution in [-0.4, -0.2) is 26.7 Å². The van der Waals surface area contributed by atoms with E-state index < -0.39 is 5.60 Å². The number of anilines is 1. The Morgan fingerprint density at radius 1 is 1.23 bits per heavy atom. The van der Waals surface area contributed by atoms with Crippen LogP contribution in [0.1, 0.15) is 41.6 Å². The van der Waals surface area contributed by atoms with E-state index in [1.54, 1.807) is 36.7 Å². The Morgan fingerprint density at radius 2 is 1.97 bits per heavy atom. The molecule has 0 bridgehead atoms. The molecule has 1 aliphatic heterocycles. The molecule has 0 radical (unpaired) electrons. The van der Waals surface area contributed by atoms with Crippen molar-refractivity contribution >= 4 is 17.7 Å². The van der Waals surface area contributed by atoms with Gasteiger partial charge < -0.3 is 15.9 Å². The smallest absolute Gasteiger partial charge is 0.339 e. The number of nitrogen functional groups attached to an aromatic ring is 1. The van der Waals surface area contributed by atoms with Gasteiger partial charge in [-0.25, -0.2) is 9.18 Å².